The molecule has 158 valence electrons. The van der Waals surface area contributed by atoms with Gasteiger partial charge in [-0.1, -0.05) is 29.5 Å². The number of para-hydroxylation sites is 1. The molecular weight excluding hydrogens is 420 g/mol. The molecule has 5 aromatic rings. The standard InChI is InChI=1S/C24H20N6OS/c1-13-6-5-7-18-21(13)27-24(32-18)28-23(31)16-12-17(15-9-10-15)26-22-20(16)14(2)29-30(22)19-8-3-4-11-25-19/h3-8,11-12,15H,9-10H2,1-2H3,(H,27,28,31). The number of pyridine rings is 2. The number of hydrogen-bond acceptors (Lipinski definition) is 6. The van der Waals surface area contributed by atoms with Gasteiger partial charge in [0.2, 0.25) is 0 Å². The Labute approximate surface area is 188 Å². The quantitative estimate of drug-likeness (QED) is 0.417. The largest absolute Gasteiger partial charge is 0.298 e. The number of aromatic nitrogens is 5. The summed E-state index contributed by atoms with van der Waals surface area (Å²) in [6.45, 7) is 3.93. The van der Waals surface area contributed by atoms with Gasteiger partial charge in [0, 0.05) is 17.8 Å². The third kappa shape index (κ3) is 3.15. The van der Waals surface area contributed by atoms with Crippen LogP contribution >= 0.6 is 11.3 Å². The lowest BCUT2D eigenvalue weighted by molar-refractivity contribution is 0.102. The van der Waals surface area contributed by atoms with E-state index in [2.05, 4.69) is 20.4 Å². The normalized spacial score (nSPS) is 13.7. The van der Waals surface area contributed by atoms with Gasteiger partial charge in [-0.25, -0.2) is 15.0 Å². The van der Waals surface area contributed by atoms with E-state index in [-0.39, 0.29) is 5.91 Å². The number of nitrogens with zero attached hydrogens (tertiary/aromatic N) is 5. The van der Waals surface area contributed by atoms with Crippen LogP contribution in [0.15, 0.2) is 48.7 Å². The third-order valence-corrected chi connectivity index (χ3v) is 6.72. The second-order valence-corrected chi connectivity index (χ2v) is 9.18. The highest BCUT2D eigenvalue weighted by atomic mass is 32.1. The fraction of sp³-hybridized carbons (Fsp3) is 0.208. The van der Waals surface area contributed by atoms with Gasteiger partial charge in [-0.2, -0.15) is 9.78 Å². The average Bonchev–Trinajstić information content (AvgIpc) is 3.49. The number of aryl methyl sites for hydroxylation is 2. The molecule has 1 aliphatic carbocycles. The van der Waals surface area contributed by atoms with Gasteiger partial charge in [0.05, 0.1) is 26.9 Å². The van der Waals surface area contributed by atoms with Crippen molar-refractivity contribution in [3.8, 4) is 5.82 Å². The first kappa shape index (κ1) is 19.1. The second-order valence-electron chi connectivity index (χ2n) is 8.15. The Morgan fingerprint density at radius 1 is 1.12 bits per heavy atom. The number of hydrogen-bond donors (Lipinski definition) is 1. The van der Waals surface area contributed by atoms with Crippen LogP contribution in [0.3, 0.4) is 0 Å². The number of fused-ring (bicyclic) bond motifs is 2. The van der Waals surface area contributed by atoms with Gasteiger partial charge in [-0.3, -0.25) is 10.1 Å². The van der Waals surface area contributed by atoms with Gasteiger partial charge in [-0.15, -0.1) is 0 Å². The zero-order chi connectivity index (χ0) is 21.8. The van der Waals surface area contributed by atoms with Crippen molar-refractivity contribution >= 4 is 43.6 Å². The maximum absolute atomic E-state index is 13.5. The minimum atomic E-state index is -0.195. The van der Waals surface area contributed by atoms with E-state index in [1.807, 2.05) is 56.3 Å². The van der Waals surface area contributed by atoms with E-state index in [4.69, 9.17) is 4.98 Å². The maximum Gasteiger partial charge on any atom is 0.258 e. The Morgan fingerprint density at radius 3 is 2.75 bits per heavy atom. The highest BCUT2D eigenvalue weighted by Gasteiger charge is 2.29. The van der Waals surface area contributed by atoms with Crippen LogP contribution in [-0.2, 0) is 0 Å². The fourth-order valence-corrected chi connectivity index (χ4v) is 4.96. The first-order valence-corrected chi connectivity index (χ1v) is 11.4. The summed E-state index contributed by atoms with van der Waals surface area (Å²) in [5, 5.41) is 9.03. The van der Waals surface area contributed by atoms with E-state index in [0.29, 0.717) is 28.1 Å². The van der Waals surface area contributed by atoms with Gasteiger partial charge in [-0.05, 0) is 56.5 Å². The number of carbonyl (C=O) groups is 1. The molecule has 1 saturated carbocycles. The summed E-state index contributed by atoms with van der Waals surface area (Å²) >= 11 is 1.48. The lowest BCUT2D eigenvalue weighted by Crippen LogP contribution is -2.13. The maximum atomic E-state index is 13.5. The van der Waals surface area contributed by atoms with Crippen molar-refractivity contribution in [2.24, 2.45) is 0 Å². The van der Waals surface area contributed by atoms with E-state index < -0.39 is 0 Å². The van der Waals surface area contributed by atoms with Gasteiger partial charge >= 0.3 is 0 Å². The molecule has 0 bridgehead atoms. The Hall–Kier alpha value is -3.65. The smallest absolute Gasteiger partial charge is 0.258 e. The molecule has 32 heavy (non-hydrogen) atoms. The van der Waals surface area contributed by atoms with Gasteiger partial charge < -0.3 is 0 Å². The molecule has 1 aromatic carbocycles. The molecule has 0 aliphatic heterocycles. The molecular formula is C24H20N6OS. The summed E-state index contributed by atoms with van der Waals surface area (Å²) in [7, 11) is 0. The molecule has 1 aliphatic rings. The Bertz CT molecular complexity index is 1500. The molecule has 6 rings (SSSR count). The lowest BCUT2D eigenvalue weighted by Gasteiger charge is -2.08. The summed E-state index contributed by atoms with van der Waals surface area (Å²) in [4.78, 5) is 27.4. The molecule has 1 fully saturated rings. The van der Waals surface area contributed by atoms with Gasteiger partial charge in [0.15, 0.2) is 16.6 Å². The van der Waals surface area contributed by atoms with E-state index in [0.717, 1.165) is 45.4 Å². The van der Waals surface area contributed by atoms with Crippen LogP contribution in [0, 0.1) is 13.8 Å². The van der Waals surface area contributed by atoms with Crippen LogP contribution in [-0.4, -0.2) is 30.6 Å². The average molecular weight is 441 g/mol. The van der Waals surface area contributed by atoms with E-state index in [1.165, 1.54) is 11.3 Å². The first-order valence-electron chi connectivity index (χ1n) is 10.6. The minimum absolute atomic E-state index is 0.195. The zero-order valence-electron chi connectivity index (χ0n) is 17.7. The molecule has 0 saturated heterocycles. The Morgan fingerprint density at radius 2 is 2.00 bits per heavy atom. The number of rotatable bonds is 4. The van der Waals surface area contributed by atoms with Crippen LogP contribution in [0.2, 0.25) is 0 Å². The molecule has 4 aromatic heterocycles. The topological polar surface area (TPSA) is 85.6 Å². The molecule has 0 radical (unpaired) electrons. The Balaban J connectivity index is 1.48. The van der Waals surface area contributed by atoms with Crippen molar-refractivity contribution in [2.45, 2.75) is 32.6 Å². The van der Waals surface area contributed by atoms with Gasteiger partial charge in [0.25, 0.3) is 5.91 Å². The number of carbonyl (C=O) groups excluding carboxylic acids is 1. The molecule has 4 heterocycles. The summed E-state index contributed by atoms with van der Waals surface area (Å²) in [6.07, 6.45) is 3.91. The molecule has 8 heteroatoms. The minimum Gasteiger partial charge on any atom is -0.298 e. The highest BCUT2D eigenvalue weighted by Crippen LogP contribution is 2.41. The van der Waals surface area contributed by atoms with Crippen molar-refractivity contribution < 1.29 is 4.79 Å². The molecule has 0 spiro atoms. The molecule has 0 unspecified atom stereocenters. The van der Waals surface area contributed by atoms with Crippen LogP contribution in [0.25, 0.3) is 27.1 Å². The summed E-state index contributed by atoms with van der Waals surface area (Å²) in [5.74, 6) is 0.877. The van der Waals surface area contributed by atoms with E-state index >= 15 is 0 Å². The van der Waals surface area contributed by atoms with E-state index in [1.54, 1.807) is 10.9 Å². The summed E-state index contributed by atoms with van der Waals surface area (Å²) < 4.78 is 2.78. The third-order valence-electron chi connectivity index (χ3n) is 5.78. The second kappa shape index (κ2) is 7.20. The number of benzene rings is 1. The van der Waals surface area contributed by atoms with Crippen molar-refractivity contribution in [2.75, 3.05) is 5.32 Å². The molecule has 0 atom stereocenters. The number of nitrogens with one attached hydrogen (secondary N) is 1. The monoisotopic (exact) mass is 440 g/mol. The van der Waals surface area contributed by atoms with E-state index in [9.17, 15) is 4.79 Å². The molecule has 1 amide bonds. The van der Waals surface area contributed by atoms with Crippen molar-refractivity contribution in [3.63, 3.8) is 0 Å². The number of thiazole rings is 1. The van der Waals surface area contributed by atoms with Crippen LogP contribution in [0.4, 0.5) is 5.13 Å². The summed E-state index contributed by atoms with van der Waals surface area (Å²) in [6, 6.07) is 13.6. The van der Waals surface area contributed by atoms with Crippen LogP contribution in [0.1, 0.15) is 46.1 Å². The molecule has 1 N–H and O–H groups in total. The highest BCUT2D eigenvalue weighted by molar-refractivity contribution is 7.22. The van der Waals surface area contributed by atoms with Gasteiger partial charge in [0.1, 0.15) is 0 Å². The lowest BCUT2D eigenvalue weighted by atomic mass is 10.1. The van der Waals surface area contributed by atoms with Crippen molar-refractivity contribution in [1.82, 2.24) is 24.7 Å². The predicted octanol–water partition coefficient (Wildman–Crippen LogP) is 5.17. The van der Waals surface area contributed by atoms with Crippen molar-refractivity contribution in [1.29, 1.82) is 0 Å². The zero-order valence-corrected chi connectivity index (χ0v) is 18.5. The number of anilines is 1. The first-order chi connectivity index (χ1) is 15.6. The summed E-state index contributed by atoms with van der Waals surface area (Å²) in [5.41, 5.74) is 4.92. The molecule has 7 nitrogen and oxygen atoms in total. The predicted molar refractivity (Wildman–Crippen MR) is 126 cm³/mol. The van der Waals surface area contributed by atoms with Crippen molar-refractivity contribution in [3.05, 3.63) is 71.2 Å². The Kier molecular flexibility index (Phi) is 4.29. The SMILES string of the molecule is Cc1cccc2sc(NC(=O)c3cc(C4CC4)nc4c3c(C)nn4-c3ccccn3)nc12. The van der Waals surface area contributed by atoms with Crippen LogP contribution < -0.4 is 5.32 Å². The fourth-order valence-electron chi connectivity index (χ4n) is 4.02. The number of amides is 1. The van der Waals surface area contributed by atoms with Crippen LogP contribution in [0.5, 0.6) is 0 Å².